The molecule has 0 spiro atoms. The molecule has 2 aromatic rings. The van der Waals surface area contributed by atoms with Crippen LogP contribution in [0, 0.1) is 16.0 Å². The zero-order valence-corrected chi connectivity index (χ0v) is 11.4. The Morgan fingerprint density at radius 1 is 1.38 bits per heavy atom. The number of carbonyl (C=O) groups excluding carboxylic acids is 1. The quantitative estimate of drug-likeness (QED) is 0.492. The minimum absolute atomic E-state index is 0.0210. The molecule has 108 valence electrons. The molecule has 1 aromatic heterocycles. The predicted molar refractivity (Wildman–Crippen MR) is 79.4 cm³/mol. The average molecular weight is 285 g/mol. The van der Waals surface area contributed by atoms with Gasteiger partial charge in [-0.3, -0.25) is 15.1 Å². The molecule has 21 heavy (non-hydrogen) atoms. The Morgan fingerprint density at radius 3 is 3.00 bits per heavy atom. The van der Waals surface area contributed by atoms with Crippen LogP contribution in [0.3, 0.4) is 0 Å². The highest BCUT2D eigenvalue weighted by atomic mass is 16.6. The highest BCUT2D eigenvalue weighted by molar-refractivity contribution is 5.97. The van der Waals surface area contributed by atoms with Crippen LogP contribution in [-0.2, 0) is 4.79 Å². The lowest BCUT2D eigenvalue weighted by Crippen LogP contribution is -2.36. The maximum Gasteiger partial charge on any atom is 0.278 e. The van der Waals surface area contributed by atoms with Crippen LogP contribution in [0.15, 0.2) is 30.5 Å². The first-order chi connectivity index (χ1) is 10.2. The number of pyridine rings is 1. The maximum absolute atomic E-state index is 11.1. The van der Waals surface area contributed by atoms with Gasteiger partial charge >= 0.3 is 0 Å². The zero-order chi connectivity index (χ0) is 14.8. The van der Waals surface area contributed by atoms with Crippen LogP contribution in [0.4, 0.5) is 11.4 Å². The molecule has 1 aliphatic heterocycles. The number of aromatic nitrogens is 1. The molecule has 6 nitrogen and oxygen atoms in total. The number of nitrogens with zero attached hydrogens (tertiary/aromatic N) is 3. The third-order valence-corrected chi connectivity index (χ3v) is 3.91. The fourth-order valence-electron chi connectivity index (χ4n) is 2.90. The van der Waals surface area contributed by atoms with Crippen LogP contribution < -0.4 is 4.90 Å². The van der Waals surface area contributed by atoms with Crippen molar-refractivity contribution in [3.63, 3.8) is 0 Å². The predicted octanol–water partition coefficient (Wildman–Crippen LogP) is 2.56. The Balaban J connectivity index is 2.09. The summed E-state index contributed by atoms with van der Waals surface area (Å²) >= 11 is 0. The molecule has 3 rings (SSSR count). The number of benzene rings is 1. The number of fused-ring (bicyclic) bond motifs is 1. The largest absolute Gasteiger partial charge is 0.369 e. The number of piperidine rings is 1. The van der Waals surface area contributed by atoms with Crippen LogP contribution in [-0.4, -0.2) is 29.3 Å². The van der Waals surface area contributed by atoms with Crippen LogP contribution in [0.1, 0.15) is 12.8 Å². The van der Waals surface area contributed by atoms with E-state index >= 15 is 0 Å². The highest BCUT2D eigenvalue weighted by Gasteiger charge is 2.23. The lowest BCUT2D eigenvalue weighted by molar-refractivity contribution is -0.383. The molecule has 1 saturated heterocycles. The number of aldehydes is 1. The van der Waals surface area contributed by atoms with E-state index < -0.39 is 4.92 Å². The molecule has 0 aliphatic carbocycles. The fraction of sp³-hybridized carbons (Fsp3) is 0.333. The summed E-state index contributed by atoms with van der Waals surface area (Å²) in [6.07, 6.45) is 4.47. The van der Waals surface area contributed by atoms with E-state index in [2.05, 4.69) is 9.88 Å². The Bertz CT molecular complexity index is 702. The number of carbonyl (C=O) groups is 1. The van der Waals surface area contributed by atoms with Crippen LogP contribution in [0.2, 0.25) is 0 Å². The van der Waals surface area contributed by atoms with Gasteiger partial charge in [0.25, 0.3) is 5.69 Å². The van der Waals surface area contributed by atoms with E-state index in [1.54, 1.807) is 24.4 Å². The molecular weight excluding hydrogens is 270 g/mol. The van der Waals surface area contributed by atoms with Crippen molar-refractivity contribution < 1.29 is 9.72 Å². The summed E-state index contributed by atoms with van der Waals surface area (Å²) < 4.78 is 0. The molecule has 1 fully saturated rings. The van der Waals surface area contributed by atoms with Crippen molar-refractivity contribution >= 4 is 28.6 Å². The number of hydrogen-bond donors (Lipinski definition) is 0. The monoisotopic (exact) mass is 285 g/mol. The lowest BCUT2D eigenvalue weighted by atomic mass is 9.98. The third kappa shape index (κ3) is 2.44. The summed E-state index contributed by atoms with van der Waals surface area (Å²) in [6, 6.07) is 6.67. The second-order valence-corrected chi connectivity index (χ2v) is 5.24. The van der Waals surface area contributed by atoms with Crippen LogP contribution in [0.5, 0.6) is 0 Å². The smallest absolute Gasteiger partial charge is 0.278 e. The minimum Gasteiger partial charge on any atom is -0.369 e. The van der Waals surface area contributed by atoms with Gasteiger partial charge in [-0.25, -0.2) is 0 Å². The van der Waals surface area contributed by atoms with Crippen molar-refractivity contribution in [1.82, 2.24) is 4.98 Å². The molecule has 0 radical (unpaired) electrons. The van der Waals surface area contributed by atoms with Gasteiger partial charge < -0.3 is 9.69 Å². The first-order valence-electron chi connectivity index (χ1n) is 6.93. The number of nitro groups is 1. The van der Waals surface area contributed by atoms with Gasteiger partial charge in [0.05, 0.1) is 16.0 Å². The number of nitro benzene ring substituents is 1. The topological polar surface area (TPSA) is 76.3 Å². The van der Waals surface area contributed by atoms with E-state index in [-0.39, 0.29) is 11.6 Å². The number of rotatable bonds is 3. The molecule has 2 heterocycles. The van der Waals surface area contributed by atoms with Crippen molar-refractivity contribution in [1.29, 1.82) is 0 Å². The Labute approximate surface area is 121 Å². The van der Waals surface area contributed by atoms with Crippen molar-refractivity contribution in [3.8, 4) is 0 Å². The highest BCUT2D eigenvalue weighted by Crippen LogP contribution is 2.33. The first kappa shape index (κ1) is 13.5. The van der Waals surface area contributed by atoms with Crippen LogP contribution in [0.25, 0.3) is 10.9 Å². The Hall–Kier alpha value is -2.50. The summed E-state index contributed by atoms with van der Waals surface area (Å²) in [5, 5.41) is 11.7. The summed E-state index contributed by atoms with van der Waals surface area (Å²) in [5.41, 5.74) is 1.55. The Morgan fingerprint density at radius 2 is 2.24 bits per heavy atom. The lowest BCUT2D eigenvalue weighted by Gasteiger charge is -2.32. The van der Waals surface area contributed by atoms with Crippen molar-refractivity contribution in [2.75, 3.05) is 18.0 Å². The molecule has 0 bridgehead atoms. The molecular formula is C15H15N3O3. The van der Waals surface area contributed by atoms with E-state index in [0.29, 0.717) is 17.4 Å². The van der Waals surface area contributed by atoms with Gasteiger partial charge in [0, 0.05) is 31.3 Å². The number of non-ortho nitro benzene ring substituents is 1. The molecule has 0 amide bonds. The molecule has 1 unspecified atom stereocenters. The second-order valence-electron chi connectivity index (χ2n) is 5.24. The standard InChI is InChI=1S/C15H15N3O3/c19-10-11-3-2-8-17(9-11)14-6-5-13(18(20)21)12-4-1-7-16-15(12)14/h1,4-7,10-11H,2-3,8-9H2. The molecule has 1 atom stereocenters. The Kier molecular flexibility index (Phi) is 3.51. The molecule has 6 heteroatoms. The van der Waals surface area contributed by atoms with E-state index in [9.17, 15) is 14.9 Å². The normalized spacial score (nSPS) is 18.7. The second kappa shape index (κ2) is 5.47. The van der Waals surface area contributed by atoms with E-state index in [1.165, 1.54) is 6.07 Å². The first-order valence-corrected chi connectivity index (χ1v) is 6.93. The van der Waals surface area contributed by atoms with Gasteiger partial charge in [-0.2, -0.15) is 0 Å². The molecule has 1 aromatic carbocycles. The maximum atomic E-state index is 11.1. The van der Waals surface area contributed by atoms with Crippen molar-refractivity contribution in [2.45, 2.75) is 12.8 Å². The van der Waals surface area contributed by atoms with Crippen LogP contribution >= 0.6 is 0 Å². The van der Waals surface area contributed by atoms with Crippen molar-refractivity contribution in [3.05, 3.63) is 40.6 Å². The SMILES string of the molecule is O=CC1CCCN(c2ccc([N+](=O)[O-])c3cccnc23)C1. The summed E-state index contributed by atoms with van der Waals surface area (Å²) in [4.78, 5) is 28.2. The van der Waals surface area contributed by atoms with E-state index in [4.69, 9.17) is 0 Å². The zero-order valence-electron chi connectivity index (χ0n) is 11.4. The van der Waals surface area contributed by atoms with E-state index in [1.807, 2.05) is 0 Å². The average Bonchev–Trinajstić information content (AvgIpc) is 2.53. The summed E-state index contributed by atoms with van der Waals surface area (Å²) in [5.74, 6) is 0.0210. The molecule has 1 aliphatic rings. The van der Waals surface area contributed by atoms with Gasteiger partial charge in [0.2, 0.25) is 0 Å². The van der Waals surface area contributed by atoms with Gasteiger partial charge in [-0.05, 0) is 31.0 Å². The molecule has 0 saturated carbocycles. The third-order valence-electron chi connectivity index (χ3n) is 3.91. The van der Waals surface area contributed by atoms with Gasteiger partial charge in [-0.1, -0.05) is 0 Å². The van der Waals surface area contributed by atoms with Gasteiger partial charge in [0.15, 0.2) is 0 Å². The number of hydrogen-bond acceptors (Lipinski definition) is 5. The summed E-state index contributed by atoms with van der Waals surface area (Å²) in [6.45, 7) is 1.49. The number of anilines is 1. The van der Waals surface area contributed by atoms with Gasteiger partial charge in [0.1, 0.15) is 11.8 Å². The molecule has 0 N–H and O–H groups in total. The van der Waals surface area contributed by atoms with Gasteiger partial charge in [-0.15, -0.1) is 0 Å². The summed E-state index contributed by atoms with van der Waals surface area (Å²) in [7, 11) is 0. The van der Waals surface area contributed by atoms with Crippen molar-refractivity contribution in [2.24, 2.45) is 5.92 Å². The minimum atomic E-state index is -0.391. The van der Waals surface area contributed by atoms with E-state index in [0.717, 1.165) is 31.4 Å². The fourth-order valence-corrected chi connectivity index (χ4v) is 2.90.